The topological polar surface area (TPSA) is 48.4 Å². The average molecular weight is 278 g/mol. The summed E-state index contributed by atoms with van der Waals surface area (Å²) in [6.45, 7) is 0. The standard InChI is InChI=1S/C14H12ClNO3/c1-18-11-5-3-9(4-6-11)10-7-12(14(17)19-2)16-13(15)8-10/h3-8H,1-2H3. The van der Waals surface area contributed by atoms with E-state index in [1.165, 1.54) is 7.11 Å². The normalized spacial score (nSPS) is 10.1. The molecule has 2 rings (SSSR count). The summed E-state index contributed by atoms with van der Waals surface area (Å²) in [6, 6.07) is 10.8. The van der Waals surface area contributed by atoms with Crippen LogP contribution in [0.4, 0.5) is 0 Å². The zero-order valence-corrected chi connectivity index (χ0v) is 11.3. The molecule has 0 radical (unpaired) electrons. The smallest absolute Gasteiger partial charge is 0.356 e. The molecule has 0 unspecified atom stereocenters. The summed E-state index contributed by atoms with van der Waals surface area (Å²) < 4.78 is 9.73. The fraction of sp³-hybridized carbons (Fsp3) is 0.143. The second kappa shape index (κ2) is 5.71. The van der Waals surface area contributed by atoms with Gasteiger partial charge in [0.2, 0.25) is 0 Å². The Kier molecular flexibility index (Phi) is 4.02. The summed E-state index contributed by atoms with van der Waals surface area (Å²) in [4.78, 5) is 15.4. The van der Waals surface area contributed by atoms with E-state index < -0.39 is 5.97 Å². The van der Waals surface area contributed by atoms with Gasteiger partial charge in [0.05, 0.1) is 14.2 Å². The van der Waals surface area contributed by atoms with Gasteiger partial charge in [0.1, 0.15) is 10.9 Å². The SMILES string of the molecule is COC(=O)c1cc(-c2ccc(OC)cc2)cc(Cl)n1. The van der Waals surface area contributed by atoms with Crippen molar-refractivity contribution in [3.8, 4) is 16.9 Å². The van der Waals surface area contributed by atoms with Crippen LogP contribution in [0.5, 0.6) is 5.75 Å². The van der Waals surface area contributed by atoms with E-state index in [1.54, 1.807) is 19.2 Å². The lowest BCUT2D eigenvalue weighted by Gasteiger charge is -2.06. The lowest BCUT2D eigenvalue weighted by atomic mass is 10.1. The van der Waals surface area contributed by atoms with Crippen LogP contribution in [0.25, 0.3) is 11.1 Å². The number of pyridine rings is 1. The summed E-state index contributed by atoms with van der Waals surface area (Å²) in [5.74, 6) is 0.245. The number of hydrogen-bond donors (Lipinski definition) is 0. The van der Waals surface area contributed by atoms with Crippen molar-refractivity contribution in [3.63, 3.8) is 0 Å². The van der Waals surface area contributed by atoms with Crippen molar-refractivity contribution in [1.29, 1.82) is 0 Å². The van der Waals surface area contributed by atoms with Gasteiger partial charge in [-0.05, 0) is 35.4 Å². The largest absolute Gasteiger partial charge is 0.497 e. The van der Waals surface area contributed by atoms with E-state index >= 15 is 0 Å². The number of hydrogen-bond acceptors (Lipinski definition) is 4. The predicted molar refractivity (Wildman–Crippen MR) is 72.6 cm³/mol. The Morgan fingerprint density at radius 2 is 1.79 bits per heavy atom. The van der Waals surface area contributed by atoms with E-state index in [0.29, 0.717) is 0 Å². The van der Waals surface area contributed by atoms with Crippen molar-refractivity contribution in [2.75, 3.05) is 14.2 Å². The molecule has 0 atom stereocenters. The van der Waals surface area contributed by atoms with E-state index in [0.717, 1.165) is 16.9 Å². The molecule has 0 N–H and O–H groups in total. The Morgan fingerprint density at radius 1 is 1.11 bits per heavy atom. The molecule has 0 fully saturated rings. The van der Waals surface area contributed by atoms with E-state index in [2.05, 4.69) is 9.72 Å². The highest BCUT2D eigenvalue weighted by atomic mass is 35.5. The fourth-order valence-electron chi connectivity index (χ4n) is 1.66. The fourth-order valence-corrected chi connectivity index (χ4v) is 1.86. The van der Waals surface area contributed by atoms with Crippen LogP contribution >= 0.6 is 11.6 Å². The molecule has 1 aromatic carbocycles. The molecule has 0 aliphatic carbocycles. The minimum absolute atomic E-state index is 0.181. The maximum atomic E-state index is 11.5. The first-order valence-corrected chi connectivity index (χ1v) is 5.92. The Bertz CT molecular complexity index is 596. The van der Waals surface area contributed by atoms with E-state index in [9.17, 15) is 4.79 Å². The lowest BCUT2D eigenvalue weighted by Crippen LogP contribution is -2.04. The first-order valence-electron chi connectivity index (χ1n) is 5.54. The van der Waals surface area contributed by atoms with Gasteiger partial charge in [0.15, 0.2) is 5.69 Å². The summed E-state index contributed by atoms with van der Waals surface area (Å²) in [5.41, 5.74) is 1.89. The Morgan fingerprint density at radius 3 is 2.37 bits per heavy atom. The van der Waals surface area contributed by atoms with Crippen LogP contribution in [0.1, 0.15) is 10.5 Å². The van der Waals surface area contributed by atoms with Crippen molar-refractivity contribution in [2.24, 2.45) is 0 Å². The lowest BCUT2D eigenvalue weighted by molar-refractivity contribution is 0.0594. The summed E-state index contributed by atoms with van der Waals surface area (Å²) in [5, 5.41) is 0.244. The molecule has 0 aliphatic heterocycles. The minimum Gasteiger partial charge on any atom is -0.497 e. The number of benzene rings is 1. The van der Waals surface area contributed by atoms with E-state index in [-0.39, 0.29) is 10.8 Å². The van der Waals surface area contributed by atoms with Crippen LogP contribution in [0, 0.1) is 0 Å². The number of rotatable bonds is 3. The van der Waals surface area contributed by atoms with E-state index in [4.69, 9.17) is 16.3 Å². The van der Waals surface area contributed by atoms with Crippen LogP contribution < -0.4 is 4.74 Å². The number of carbonyl (C=O) groups is 1. The van der Waals surface area contributed by atoms with Crippen molar-refractivity contribution < 1.29 is 14.3 Å². The number of esters is 1. The van der Waals surface area contributed by atoms with Gasteiger partial charge in [-0.25, -0.2) is 9.78 Å². The van der Waals surface area contributed by atoms with Crippen LogP contribution in [0.15, 0.2) is 36.4 Å². The number of ether oxygens (including phenoxy) is 2. The van der Waals surface area contributed by atoms with Crippen LogP contribution in [-0.2, 0) is 4.74 Å². The molecule has 0 spiro atoms. The molecule has 1 heterocycles. The third kappa shape index (κ3) is 3.03. The van der Waals surface area contributed by atoms with Crippen molar-refractivity contribution >= 4 is 17.6 Å². The monoisotopic (exact) mass is 277 g/mol. The molecule has 4 nitrogen and oxygen atoms in total. The van der Waals surface area contributed by atoms with Crippen molar-refractivity contribution in [1.82, 2.24) is 4.98 Å². The average Bonchev–Trinajstić information content (AvgIpc) is 2.45. The zero-order chi connectivity index (χ0) is 13.8. The molecule has 0 saturated carbocycles. The number of methoxy groups -OCH3 is 2. The van der Waals surface area contributed by atoms with E-state index in [1.807, 2.05) is 24.3 Å². The molecule has 0 bridgehead atoms. The molecule has 0 aliphatic rings. The molecule has 98 valence electrons. The van der Waals surface area contributed by atoms with Crippen molar-refractivity contribution in [2.45, 2.75) is 0 Å². The van der Waals surface area contributed by atoms with Crippen LogP contribution in [0.3, 0.4) is 0 Å². The number of aromatic nitrogens is 1. The van der Waals surface area contributed by atoms with Gasteiger partial charge >= 0.3 is 5.97 Å². The first-order chi connectivity index (χ1) is 9.13. The van der Waals surface area contributed by atoms with Gasteiger partial charge in [-0.2, -0.15) is 0 Å². The maximum absolute atomic E-state index is 11.5. The highest BCUT2D eigenvalue weighted by molar-refractivity contribution is 6.29. The third-order valence-corrected chi connectivity index (χ3v) is 2.81. The number of nitrogens with zero attached hydrogens (tertiary/aromatic N) is 1. The highest BCUT2D eigenvalue weighted by Gasteiger charge is 2.11. The molecule has 2 aromatic rings. The van der Waals surface area contributed by atoms with Crippen molar-refractivity contribution in [3.05, 3.63) is 47.2 Å². The Hall–Kier alpha value is -2.07. The highest BCUT2D eigenvalue weighted by Crippen LogP contribution is 2.25. The number of carbonyl (C=O) groups excluding carboxylic acids is 1. The van der Waals surface area contributed by atoms with Gasteiger partial charge in [-0.15, -0.1) is 0 Å². The van der Waals surface area contributed by atoms with Crippen LogP contribution in [0.2, 0.25) is 5.15 Å². The van der Waals surface area contributed by atoms with Gasteiger partial charge in [0, 0.05) is 0 Å². The van der Waals surface area contributed by atoms with Gasteiger partial charge in [-0.3, -0.25) is 0 Å². The molecule has 0 amide bonds. The molecule has 0 saturated heterocycles. The molecule has 1 aromatic heterocycles. The molecular formula is C14H12ClNO3. The van der Waals surface area contributed by atoms with Gasteiger partial charge < -0.3 is 9.47 Å². The third-order valence-electron chi connectivity index (χ3n) is 2.61. The maximum Gasteiger partial charge on any atom is 0.356 e. The molecular weight excluding hydrogens is 266 g/mol. The minimum atomic E-state index is -0.516. The first kappa shape index (κ1) is 13.4. The second-order valence-corrected chi connectivity index (χ2v) is 4.17. The predicted octanol–water partition coefficient (Wildman–Crippen LogP) is 3.20. The molecule has 5 heteroatoms. The quantitative estimate of drug-likeness (QED) is 0.638. The summed E-state index contributed by atoms with van der Waals surface area (Å²) in [7, 11) is 2.91. The van der Waals surface area contributed by atoms with Crippen LogP contribution in [-0.4, -0.2) is 25.2 Å². The second-order valence-electron chi connectivity index (χ2n) is 3.78. The number of halogens is 1. The van der Waals surface area contributed by atoms with Gasteiger partial charge in [-0.1, -0.05) is 23.7 Å². The zero-order valence-electron chi connectivity index (χ0n) is 10.5. The summed E-state index contributed by atoms with van der Waals surface area (Å²) >= 11 is 5.92. The Balaban J connectivity index is 2.43. The Labute approximate surface area is 115 Å². The van der Waals surface area contributed by atoms with Gasteiger partial charge in [0.25, 0.3) is 0 Å². The summed E-state index contributed by atoms with van der Waals surface area (Å²) in [6.07, 6.45) is 0. The molecule has 19 heavy (non-hydrogen) atoms.